The standard InChI is InChI=1S/C17H20FN3O3/c1-3-14-16(11(2)24-20-14)19-17(22)21-8-9-23-10-15(21)12-4-6-13(18)7-5-12/h4-7,15H,3,8-10H2,1-2H3,(H,19,22)/t15-/m0/s1. The summed E-state index contributed by atoms with van der Waals surface area (Å²) in [5, 5.41) is 6.84. The highest BCUT2D eigenvalue weighted by Crippen LogP contribution is 2.27. The molecule has 0 bridgehead atoms. The number of hydrogen-bond donors (Lipinski definition) is 1. The zero-order chi connectivity index (χ0) is 17.1. The molecule has 7 heteroatoms. The summed E-state index contributed by atoms with van der Waals surface area (Å²) in [7, 11) is 0. The van der Waals surface area contributed by atoms with Crippen LogP contribution in [0.4, 0.5) is 14.9 Å². The number of anilines is 1. The lowest BCUT2D eigenvalue weighted by atomic mass is 10.1. The van der Waals surface area contributed by atoms with Gasteiger partial charge in [0.15, 0.2) is 5.76 Å². The molecule has 0 saturated carbocycles. The highest BCUT2D eigenvalue weighted by Gasteiger charge is 2.29. The van der Waals surface area contributed by atoms with Crippen LogP contribution < -0.4 is 5.32 Å². The summed E-state index contributed by atoms with van der Waals surface area (Å²) in [6.07, 6.45) is 0.664. The smallest absolute Gasteiger partial charge is 0.322 e. The number of benzene rings is 1. The molecule has 1 aliphatic heterocycles. The van der Waals surface area contributed by atoms with E-state index in [0.29, 0.717) is 43.3 Å². The van der Waals surface area contributed by atoms with Gasteiger partial charge in [0.2, 0.25) is 0 Å². The van der Waals surface area contributed by atoms with E-state index in [4.69, 9.17) is 9.26 Å². The van der Waals surface area contributed by atoms with Crippen LogP contribution in [0.3, 0.4) is 0 Å². The van der Waals surface area contributed by atoms with Gasteiger partial charge in [-0.3, -0.25) is 0 Å². The van der Waals surface area contributed by atoms with Gasteiger partial charge in [-0.2, -0.15) is 0 Å². The highest BCUT2D eigenvalue weighted by atomic mass is 19.1. The van der Waals surface area contributed by atoms with Gasteiger partial charge in [-0.1, -0.05) is 24.2 Å². The third kappa shape index (κ3) is 3.26. The molecular formula is C17H20FN3O3. The molecule has 1 aliphatic rings. The molecule has 3 rings (SSSR count). The molecular weight excluding hydrogens is 313 g/mol. The minimum atomic E-state index is -0.306. The number of halogens is 1. The van der Waals surface area contributed by atoms with Crippen LogP contribution >= 0.6 is 0 Å². The summed E-state index contributed by atoms with van der Waals surface area (Å²) in [6.45, 7) is 5.01. The highest BCUT2D eigenvalue weighted by molar-refractivity contribution is 5.90. The Balaban J connectivity index is 1.81. The van der Waals surface area contributed by atoms with E-state index in [1.54, 1.807) is 24.0 Å². The third-order valence-electron chi connectivity index (χ3n) is 4.14. The van der Waals surface area contributed by atoms with Crippen molar-refractivity contribution in [2.75, 3.05) is 25.1 Å². The molecule has 6 nitrogen and oxygen atoms in total. The van der Waals surface area contributed by atoms with Crippen molar-refractivity contribution in [2.24, 2.45) is 0 Å². The average Bonchev–Trinajstić information content (AvgIpc) is 2.95. The monoisotopic (exact) mass is 333 g/mol. The Labute approximate surface area is 139 Å². The van der Waals surface area contributed by atoms with Crippen molar-refractivity contribution in [3.8, 4) is 0 Å². The molecule has 1 saturated heterocycles. The van der Waals surface area contributed by atoms with Gasteiger partial charge in [0.05, 0.1) is 19.3 Å². The van der Waals surface area contributed by atoms with Gasteiger partial charge >= 0.3 is 6.03 Å². The van der Waals surface area contributed by atoms with Gasteiger partial charge in [-0.15, -0.1) is 0 Å². The van der Waals surface area contributed by atoms with Crippen LogP contribution in [0.5, 0.6) is 0 Å². The van der Waals surface area contributed by atoms with E-state index in [2.05, 4.69) is 10.5 Å². The molecule has 0 unspecified atom stereocenters. The fourth-order valence-electron chi connectivity index (χ4n) is 2.81. The van der Waals surface area contributed by atoms with Crippen LogP contribution in [-0.4, -0.2) is 35.8 Å². The maximum atomic E-state index is 13.1. The Kier molecular flexibility index (Phi) is 4.80. The van der Waals surface area contributed by atoms with E-state index >= 15 is 0 Å². The summed E-state index contributed by atoms with van der Waals surface area (Å²) in [4.78, 5) is 14.4. The minimum Gasteiger partial charge on any atom is -0.377 e. The SMILES string of the molecule is CCc1noc(C)c1NC(=O)N1CCOC[C@H]1c1ccc(F)cc1. The topological polar surface area (TPSA) is 67.6 Å². The second-order valence-electron chi connectivity index (χ2n) is 5.68. The number of amides is 2. The van der Waals surface area contributed by atoms with Crippen LogP contribution in [0.25, 0.3) is 0 Å². The summed E-state index contributed by atoms with van der Waals surface area (Å²) < 4.78 is 23.8. The number of aromatic nitrogens is 1. The van der Waals surface area contributed by atoms with E-state index in [1.165, 1.54) is 12.1 Å². The summed E-state index contributed by atoms with van der Waals surface area (Å²) in [5.41, 5.74) is 2.17. The number of ether oxygens (including phenoxy) is 1. The fourth-order valence-corrected chi connectivity index (χ4v) is 2.81. The molecule has 0 spiro atoms. The predicted octanol–water partition coefficient (Wildman–Crippen LogP) is 3.29. The second kappa shape index (κ2) is 7.00. The molecule has 0 radical (unpaired) electrons. The maximum Gasteiger partial charge on any atom is 0.322 e. The van der Waals surface area contributed by atoms with E-state index < -0.39 is 0 Å². The first-order valence-corrected chi connectivity index (χ1v) is 7.96. The molecule has 2 amide bonds. The molecule has 2 aromatic rings. The van der Waals surface area contributed by atoms with Gasteiger partial charge in [-0.05, 0) is 31.0 Å². The Morgan fingerprint density at radius 2 is 2.17 bits per heavy atom. The van der Waals surface area contributed by atoms with Crippen LogP contribution in [0.2, 0.25) is 0 Å². The molecule has 1 aromatic heterocycles. The van der Waals surface area contributed by atoms with Crippen LogP contribution in [0, 0.1) is 12.7 Å². The number of aryl methyl sites for hydroxylation is 2. The van der Waals surface area contributed by atoms with Gasteiger partial charge < -0.3 is 19.5 Å². The summed E-state index contributed by atoms with van der Waals surface area (Å²) >= 11 is 0. The number of carbonyl (C=O) groups is 1. The molecule has 1 atom stereocenters. The number of morpholine rings is 1. The Hall–Kier alpha value is -2.41. The van der Waals surface area contributed by atoms with Crippen molar-refractivity contribution in [1.82, 2.24) is 10.1 Å². The Morgan fingerprint density at radius 1 is 1.42 bits per heavy atom. The van der Waals surface area contributed by atoms with Gasteiger partial charge in [0.1, 0.15) is 17.2 Å². The molecule has 1 aromatic carbocycles. The lowest BCUT2D eigenvalue weighted by molar-refractivity contribution is 0.0147. The normalized spacial score (nSPS) is 17.8. The first-order chi connectivity index (χ1) is 11.6. The van der Waals surface area contributed by atoms with E-state index in [0.717, 1.165) is 5.56 Å². The van der Waals surface area contributed by atoms with Crippen molar-refractivity contribution in [1.29, 1.82) is 0 Å². The zero-order valence-electron chi connectivity index (χ0n) is 13.7. The van der Waals surface area contributed by atoms with Gasteiger partial charge in [0.25, 0.3) is 0 Å². The van der Waals surface area contributed by atoms with Crippen molar-refractivity contribution in [3.05, 3.63) is 47.1 Å². The molecule has 1 fully saturated rings. The lowest BCUT2D eigenvalue weighted by Gasteiger charge is -2.35. The van der Waals surface area contributed by atoms with Crippen LogP contribution in [0.1, 0.15) is 30.0 Å². The number of carbonyl (C=O) groups excluding carboxylic acids is 1. The number of hydrogen-bond acceptors (Lipinski definition) is 4. The zero-order valence-corrected chi connectivity index (χ0v) is 13.7. The molecule has 1 N–H and O–H groups in total. The first kappa shape index (κ1) is 16.4. The fraction of sp³-hybridized carbons (Fsp3) is 0.412. The van der Waals surface area contributed by atoms with E-state index in [-0.39, 0.29) is 17.9 Å². The average molecular weight is 333 g/mol. The molecule has 24 heavy (non-hydrogen) atoms. The minimum absolute atomic E-state index is 0.242. The number of urea groups is 1. The number of nitrogens with one attached hydrogen (secondary N) is 1. The molecule has 128 valence electrons. The van der Waals surface area contributed by atoms with Crippen molar-refractivity contribution < 1.29 is 18.4 Å². The predicted molar refractivity (Wildman–Crippen MR) is 86.3 cm³/mol. The number of rotatable bonds is 3. The van der Waals surface area contributed by atoms with Crippen LogP contribution in [0.15, 0.2) is 28.8 Å². The van der Waals surface area contributed by atoms with Crippen molar-refractivity contribution >= 4 is 11.7 Å². The molecule has 2 heterocycles. The van der Waals surface area contributed by atoms with Gasteiger partial charge in [0, 0.05) is 6.54 Å². The first-order valence-electron chi connectivity index (χ1n) is 7.96. The lowest BCUT2D eigenvalue weighted by Crippen LogP contribution is -2.45. The second-order valence-corrected chi connectivity index (χ2v) is 5.68. The van der Waals surface area contributed by atoms with Crippen molar-refractivity contribution in [3.63, 3.8) is 0 Å². The van der Waals surface area contributed by atoms with Crippen molar-refractivity contribution in [2.45, 2.75) is 26.3 Å². The third-order valence-corrected chi connectivity index (χ3v) is 4.14. The van der Waals surface area contributed by atoms with E-state index in [1.807, 2.05) is 6.92 Å². The van der Waals surface area contributed by atoms with Crippen LogP contribution in [-0.2, 0) is 11.2 Å². The molecule has 0 aliphatic carbocycles. The Bertz CT molecular complexity index is 714. The Morgan fingerprint density at radius 3 is 2.88 bits per heavy atom. The largest absolute Gasteiger partial charge is 0.377 e. The number of nitrogens with zero attached hydrogens (tertiary/aromatic N) is 2. The van der Waals surface area contributed by atoms with E-state index in [9.17, 15) is 9.18 Å². The summed E-state index contributed by atoms with van der Waals surface area (Å²) in [6, 6.07) is 5.63. The quantitative estimate of drug-likeness (QED) is 0.936. The van der Waals surface area contributed by atoms with Gasteiger partial charge in [-0.25, -0.2) is 9.18 Å². The maximum absolute atomic E-state index is 13.1. The summed E-state index contributed by atoms with van der Waals surface area (Å²) in [5.74, 6) is 0.269.